The van der Waals surface area contributed by atoms with Crippen LogP contribution >= 0.6 is 0 Å². The molecule has 0 aliphatic carbocycles. The monoisotopic (exact) mass is 314 g/mol. The number of hydrogen-bond donors (Lipinski definition) is 1. The van der Waals surface area contributed by atoms with E-state index in [-0.39, 0.29) is 12.4 Å². The van der Waals surface area contributed by atoms with Crippen LogP contribution in [0.25, 0.3) is 0 Å². The zero-order valence-corrected chi connectivity index (χ0v) is 13.0. The Kier molecular flexibility index (Phi) is 5.57. The Morgan fingerprint density at radius 2 is 1.74 bits per heavy atom. The lowest BCUT2D eigenvalue weighted by molar-refractivity contribution is -0.146. The first kappa shape index (κ1) is 16.4. The predicted molar refractivity (Wildman–Crippen MR) is 86.5 cm³/mol. The maximum Gasteiger partial charge on any atom is 0.372 e. The zero-order chi connectivity index (χ0) is 16.7. The molecule has 0 bridgehead atoms. The molecule has 6 heteroatoms. The molecule has 6 nitrogen and oxygen atoms in total. The predicted octanol–water partition coefficient (Wildman–Crippen LogP) is 2.25. The molecule has 0 aliphatic rings. The molecular formula is C17H18N2O4. The summed E-state index contributed by atoms with van der Waals surface area (Å²) in [6.45, 7) is 1.63. The van der Waals surface area contributed by atoms with Crippen molar-refractivity contribution in [2.75, 3.05) is 13.7 Å². The molecule has 0 fully saturated rings. The number of hydrogen-bond acceptors (Lipinski definition) is 5. The van der Waals surface area contributed by atoms with Crippen molar-refractivity contribution in [3.8, 4) is 11.5 Å². The summed E-state index contributed by atoms with van der Waals surface area (Å²) in [4.78, 5) is 16.4. The molecule has 120 valence electrons. The van der Waals surface area contributed by atoms with Crippen molar-refractivity contribution in [1.29, 1.82) is 0 Å². The number of benzene rings is 2. The third-order valence-corrected chi connectivity index (χ3v) is 3.08. The molecule has 0 saturated carbocycles. The van der Waals surface area contributed by atoms with Crippen LogP contribution < -0.4 is 15.2 Å². The normalized spacial score (nSPS) is 11.0. The second kappa shape index (κ2) is 7.84. The Balaban J connectivity index is 1.87. The summed E-state index contributed by atoms with van der Waals surface area (Å²) in [5.41, 5.74) is 7.46. The molecule has 0 aromatic heterocycles. The van der Waals surface area contributed by atoms with E-state index in [2.05, 4.69) is 5.16 Å². The minimum atomic E-state index is -0.641. The molecule has 0 unspecified atom stereocenters. The highest BCUT2D eigenvalue weighted by atomic mass is 16.7. The van der Waals surface area contributed by atoms with Crippen molar-refractivity contribution in [2.45, 2.75) is 6.92 Å². The molecule has 0 atom stereocenters. The van der Waals surface area contributed by atoms with Crippen LogP contribution in [0.15, 0.2) is 53.7 Å². The fourth-order valence-electron chi connectivity index (χ4n) is 1.85. The number of carbonyl (C=O) groups excluding carboxylic acids is 1. The Hall–Kier alpha value is -3.02. The summed E-state index contributed by atoms with van der Waals surface area (Å²) in [6, 6.07) is 14.3. The molecule has 2 N–H and O–H groups in total. The summed E-state index contributed by atoms with van der Waals surface area (Å²) in [5, 5.41) is 3.64. The lowest BCUT2D eigenvalue weighted by Gasteiger charge is -2.06. The van der Waals surface area contributed by atoms with Gasteiger partial charge in [-0.25, -0.2) is 4.79 Å². The van der Waals surface area contributed by atoms with E-state index in [1.165, 1.54) is 0 Å². The largest absolute Gasteiger partial charge is 0.497 e. The highest BCUT2D eigenvalue weighted by Gasteiger charge is 2.07. The van der Waals surface area contributed by atoms with Crippen LogP contribution in [-0.2, 0) is 9.63 Å². The van der Waals surface area contributed by atoms with Gasteiger partial charge >= 0.3 is 5.97 Å². The number of ether oxygens (including phenoxy) is 2. The Bertz CT molecular complexity index is 696. The first-order valence-corrected chi connectivity index (χ1v) is 6.96. The first-order valence-electron chi connectivity index (χ1n) is 6.96. The van der Waals surface area contributed by atoms with Crippen LogP contribution in [0, 0.1) is 6.92 Å². The second-order valence-electron chi connectivity index (χ2n) is 4.72. The van der Waals surface area contributed by atoms with E-state index in [0.717, 1.165) is 11.1 Å². The van der Waals surface area contributed by atoms with Gasteiger partial charge in [-0.3, -0.25) is 0 Å². The maximum atomic E-state index is 11.6. The smallest absolute Gasteiger partial charge is 0.372 e. The molecule has 0 radical (unpaired) electrons. The Morgan fingerprint density at radius 1 is 1.09 bits per heavy atom. The van der Waals surface area contributed by atoms with E-state index in [0.29, 0.717) is 11.5 Å². The van der Waals surface area contributed by atoms with Crippen molar-refractivity contribution < 1.29 is 19.1 Å². The molecule has 0 spiro atoms. The van der Waals surface area contributed by atoms with Crippen LogP contribution in [0.2, 0.25) is 0 Å². The standard InChI is InChI=1S/C17H18N2O4/c1-12-5-3-4-6-15(12)17(18)19-23-16(20)11-22-14-9-7-13(21-2)8-10-14/h3-10H,11H2,1-2H3,(H2,18,19). The van der Waals surface area contributed by atoms with Crippen LogP contribution in [0.4, 0.5) is 0 Å². The molecule has 2 aromatic carbocycles. The quantitative estimate of drug-likeness (QED) is 0.383. The number of rotatable bonds is 6. The van der Waals surface area contributed by atoms with E-state index in [1.54, 1.807) is 37.4 Å². The molecule has 2 aromatic rings. The van der Waals surface area contributed by atoms with Crippen molar-refractivity contribution in [2.24, 2.45) is 10.9 Å². The first-order chi connectivity index (χ1) is 11.1. The van der Waals surface area contributed by atoms with Gasteiger partial charge in [-0.2, -0.15) is 0 Å². The number of nitrogens with two attached hydrogens (primary N) is 1. The second-order valence-corrected chi connectivity index (χ2v) is 4.72. The number of carbonyl (C=O) groups is 1. The molecule has 0 amide bonds. The lowest BCUT2D eigenvalue weighted by Crippen LogP contribution is -2.18. The van der Waals surface area contributed by atoms with Crippen molar-refractivity contribution >= 4 is 11.8 Å². The summed E-state index contributed by atoms with van der Waals surface area (Å²) in [7, 11) is 1.57. The number of aryl methyl sites for hydroxylation is 1. The number of methoxy groups -OCH3 is 1. The average molecular weight is 314 g/mol. The van der Waals surface area contributed by atoms with E-state index < -0.39 is 5.97 Å². The van der Waals surface area contributed by atoms with Crippen molar-refractivity contribution in [3.05, 3.63) is 59.7 Å². The highest BCUT2D eigenvalue weighted by molar-refractivity contribution is 5.98. The fourth-order valence-corrected chi connectivity index (χ4v) is 1.85. The van der Waals surface area contributed by atoms with E-state index in [4.69, 9.17) is 20.0 Å². The molecule has 2 rings (SSSR count). The van der Waals surface area contributed by atoms with Gasteiger partial charge < -0.3 is 20.0 Å². The highest BCUT2D eigenvalue weighted by Crippen LogP contribution is 2.16. The van der Waals surface area contributed by atoms with Crippen molar-refractivity contribution in [1.82, 2.24) is 0 Å². The van der Waals surface area contributed by atoms with Gasteiger partial charge in [0.1, 0.15) is 11.5 Å². The van der Waals surface area contributed by atoms with Gasteiger partial charge in [0.2, 0.25) is 0 Å². The average Bonchev–Trinajstić information content (AvgIpc) is 2.58. The van der Waals surface area contributed by atoms with Gasteiger partial charge in [-0.05, 0) is 36.8 Å². The van der Waals surface area contributed by atoms with Crippen LogP contribution in [0.3, 0.4) is 0 Å². The van der Waals surface area contributed by atoms with Crippen LogP contribution in [0.1, 0.15) is 11.1 Å². The third kappa shape index (κ3) is 4.74. The van der Waals surface area contributed by atoms with Crippen LogP contribution in [0.5, 0.6) is 11.5 Å². The third-order valence-electron chi connectivity index (χ3n) is 3.08. The SMILES string of the molecule is COc1ccc(OCC(=O)O/N=C(\N)c2ccccc2C)cc1. The Morgan fingerprint density at radius 3 is 2.39 bits per heavy atom. The van der Waals surface area contributed by atoms with E-state index in [9.17, 15) is 4.79 Å². The summed E-state index contributed by atoms with van der Waals surface area (Å²) in [5.74, 6) is 0.729. The topological polar surface area (TPSA) is 83.1 Å². The summed E-state index contributed by atoms with van der Waals surface area (Å²) < 4.78 is 10.3. The minimum absolute atomic E-state index is 0.140. The summed E-state index contributed by atoms with van der Waals surface area (Å²) in [6.07, 6.45) is 0. The fraction of sp³-hybridized carbons (Fsp3) is 0.176. The van der Waals surface area contributed by atoms with E-state index >= 15 is 0 Å². The molecule has 0 saturated heterocycles. The summed E-state index contributed by atoms with van der Waals surface area (Å²) >= 11 is 0. The van der Waals surface area contributed by atoms with Crippen LogP contribution in [-0.4, -0.2) is 25.5 Å². The lowest BCUT2D eigenvalue weighted by atomic mass is 10.1. The molecule has 23 heavy (non-hydrogen) atoms. The van der Waals surface area contributed by atoms with Gasteiger partial charge in [-0.15, -0.1) is 0 Å². The number of nitrogens with zero attached hydrogens (tertiary/aromatic N) is 1. The maximum absolute atomic E-state index is 11.6. The number of oxime groups is 1. The molecular weight excluding hydrogens is 296 g/mol. The van der Waals surface area contributed by atoms with Gasteiger partial charge in [0.05, 0.1) is 7.11 Å². The van der Waals surface area contributed by atoms with Crippen molar-refractivity contribution in [3.63, 3.8) is 0 Å². The van der Waals surface area contributed by atoms with Gasteiger partial charge in [-0.1, -0.05) is 29.4 Å². The molecule has 0 aliphatic heterocycles. The molecule has 0 heterocycles. The van der Waals surface area contributed by atoms with Gasteiger partial charge in [0.25, 0.3) is 0 Å². The van der Waals surface area contributed by atoms with E-state index in [1.807, 2.05) is 25.1 Å². The minimum Gasteiger partial charge on any atom is -0.497 e. The zero-order valence-electron chi connectivity index (χ0n) is 13.0. The van der Waals surface area contributed by atoms with Gasteiger partial charge in [0.15, 0.2) is 12.4 Å². The Labute approximate surface area is 134 Å². The van der Waals surface area contributed by atoms with Gasteiger partial charge in [0, 0.05) is 5.56 Å². The number of amidine groups is 1.